The average molecular weight is 907 g/mol. The molecule has 0 spiro atoms. The number of anilines is 4. The minimum Gasteiger partial charge on any atom is -0.453 e. The van der Waals surface area contributed by atoms with Crippen molar-refractivity contribution < 1.29 is 4.74 Å². The molecule has 6 aliphatic heterocycles. The van der Waals surface area contributed by atoms with Crippen LogP contribution in [0, 0.1) is 6.92 Å². The summed E-state index contributed by atoms with van der Waals surface area (Å²) in [6, 6.07) is 71.1. The van der Waals surface area contributed by atoms with Gasteiger partial charge >= 0.3 is 13.7 Å². The van der Waals surface area contributed by atoms with Gasteiger partial charge < -0.3 is 23.5 Å². The topological polar surface area (TPSA) is 25.6 Å². The van der Waals surface area contributed by atoms with E-state index in [1.165, 1.54) is 137 Å². The lowest BCUT2D eigenvalue weighted by Crippen LogP contribution is -2.61. The van der Waals surface area contributed by atoms with Gasteiger partial charge in [0.15, 0.2) is 5.75 Å². The van der Waals surface area contributed by atoms with E-state index in [-0.39, 0.29) is 13.7 Å². The van der Waals surface area contributed by atoms with Gasteiger partial charge in [0.25, 0.3) is 0 Å². The predicted molar refractivity (Wildman–Crippen MR) is 291 cm³/mol. The number of ether oxygens (including phenoxy) is 1. The van der Waals surface area contributed by atoms with Gasteiger partial charge in [0.1, 0.15) is 5.75 Å². The van der Waals surface area contributed by atoms with Gasteiger partial charge in [-0.3, -0.25) is 0 Å². The summed E-state index contributed by atoms with van der Waals surface area (Å²) in [5, 5.41) is 5.20. The fourth-order valence-electron chi connectivity index (χ4n) is 13.9. The Morgan fingerprint density at radius 3 is 1.79 bits per heavy atom. The van der Waals surface area contributed by atoms with E-state index in [1.54, 1.807) is 0 Å². The molecule has 0 saturated heterocycles. The molecule has 12 aromatic rings. The van der Waals surface area contributed by atoms with Crippen molar-refractivity contribution in [3.63, 3.8) is 0 Å². The summed E-state index contributed by atoms with van der Waals surface area (Å²) in [6.45, 7) is 2.25. The van der Waals surface area contributed by atoms with Crippen LogP contribution in [0.15, 0.2) is 198 Å². The summed E-state index contributed by atoms with van der Waals surface area (Å²) < 4.78 is 11.9. The van der Waals surface area contributed by atoms with Crippen LogP contribution >= 0.6 is 11.8 Å². The van der Waals surface area contributed by atoms with Crippen molar-refractivity contribution in [2.75, 3.05) is 9.62 Å². The second-order valence-electron chi connectivity index (χ2n) is 20.0. The number of rotatable bonds is 2. The summed E-state index contributed by atoms with van der Waals surface area (Å²) in [5.74, 6) is 1.80. The van der Waals surface area contributed by atoms with E-state index in [0.717, 1.165) is 29.3 Å². The SMILES string of the molecule is Cc1cc2c3c(c1)-n1c4ccccc4c4cccc(c41)B3N1c3ccc(Cc4cc5c6c(c4)-n4c7ccccc7c7cccc(c74)B6N4c6ccccc6Oc6cccc-5c64)cc3Sc3cccc-2c31. The highest BCUT2D eigenvalue weighted by Gasteiger charge is 2.48. The molecule has 70 heavy (non-hydrogen) atoms. The van der Waals surface area contributed by atoms with Crippen LogP contribution in [0.1, 0.15) is 16.7 Å². The number of aromatic nitrogens is 2. The molecule has 6 aliphatic rings. The Hall–Kier alpha value is -8.32. The van der Waals surface area contributed by atoms with Gasteiger partial charge in [0.2, 0.25) is 0 Å². The molecule has 0 amide bonds. The zero-order valence-electron chi connectivity index (χ0n) is 37.9. The molecule has 2 aromatic heterocycles. The van der Waals surface area contributed by atoms with E-state index in [1.807, 2.05) is 11.8 Å². The zero-order chi connectivity index (χ0) is 45.2. The molecule has 8 heteroatoms. The highest BCUT2D eigenvalue weighted by molar-refractivity contribution is 7.99. The van der Waals surface area contributed by atoms with Crippen LogP contribution in [-0.4, -0.2) is 22.8 Å². The monoisotopic (exact) mass is 906 g/mol. The number of aryl methyl sites for hydroxylation is 1. The van der Waals surface area contributed by atoms with Crippen LogP contribution in [0.25, 0.3) is 77.2 Å². The number of nitrogens with zero attached hydrogens (tertiary/aromatic N) is 4. The molecular weight excluding hydrogens is 870 g/mol. The first-order valence-corrected chi connectivity index (χ1v) is 25.3. The standard InChI is InChI=1S/C62H36B2N4OS/c1-34-28-43-42-17-11-25-55-62(42)68(64-46-19-9-14-39-37-12-2-4-20-47(37)65(59(39)46)51(29-34)57(43)64)50-27-26-35(33-56(50)70-55)30-36-31-44-41-16-10-24-54-61(41)67(49-22-6-7-23-53(49)69-54)63-45-18-8-15-40-38-13-3-5-21-48(38)66(60(40)45)52(32-36)58(44)63/h2-29,31-33H,30H2,1H3. The highest BCUT2D eigenvalue weighted by atomic mass is 32.2. The summed E-state index contributed by atoms with van der Waals surface area (Å²) >= 11 is 1.93. The van der Waals surface area contributed by atoms with Crippen LogP contribution in [-0.2, 0) is 6.42 Å². The van der Waals surface area contributed by atoms with E-state index in [0.29, 0.717) is 0 Å². The second kappa shape index (κ2) is 12.7. The third kappa shape index (κ3) is 4.34. The van der Waals surface area contributed by atoms with Gasteiger partial charge in [-0.25, -0.2) is 0 Å². The van der Waals surface area contributed by atoms with Gasteiger partial charge in [0, 0.05) is 59.5 Å². The normalized spacial score (nSPS) is 14.4. The van der Waals surface area contributed by atoms with Crippen molar-refractivity contribution in [1.29, 1.82) is 0 Å². The molecule has 322 valence electrons. The molecule has 0 aliphatic carbocycles. The first kappa shape index (κ1) is 36.7. The smallest absolute Gasteiger partial charge is 0.333 e. The Kier molecular flexibility index (Phi) is 6.63. The van der Waals surface area contributed by atoms with Crippen molar-refractivity contribution in [3.05, 3.63) is 205 Å². The maximum absolute atomic E-state index is 6.75. The summed E-state index contributed by atoms with van der Waals surface area (Å²) in [4.78, 5) is 7.88. The quantitative estimate of drug-likeness (QED) is 0.161. The molecule has 0 bridgehead atoms. The minimum absolute atomic E-state index is 0.0235. The molecule has 5 nitrogen and oxygen atoms in total. The third-order valence-electron chi connectivity index (χ3n) is 16.4. The Balaban J connectivity index is 0.837. The molecule has 10 aromatic carbocycles. The average Bonchev–Trinajstić information content (AvgIpc) is 3.93. The summed E-state index contributed by atoms with van der Waals surface area (Å²) in [6.07, 6.45) is 0.794. The molecule has 0 unspecified atom stereocenters. The number of hydrogen-bond donors (Lipinski definition) is 0. The fraction of sp³-hybridized carbons (Fsp3) is 0.0323. The number of para-hydroxylation sites is 8. The highest BCUT2D eigenvalue weighted by Crippen LogP contribution is 2.57. The Morgan fingerprint density at radius 2 is 1.03 bits per heavy atom. The van der Waals surface area contributed by atoms with E-state index in [9.17, 15) is 0 Å². The molecule has 0 N–H and O–H groups in total. The lowest BCUT2D eigenvalue weighted by atomic mass is 9.43. The van der Waals surface area contributed by atoms with Crippen molar-refractivity contribution in [1.82, 2.24) is 9.13 Å². The number of hydrogen-bond acceptors (Lipinski definition) is 4. The predicted octanol–water partition coefficient (Wildman–Crippen LogP) is 12.8. The van der Waals surface area contributed by atoms with E-state index in [2.05, 4.69) is 214 Å². The number of fused-ring (bicyclic) bond motifs is 18. The largest absolute Gasteiger partial charge is 0.453 e. The fourth-order valence-corrected chi connectivity index (χ4v) is 15.1. The summed E-state index contributed by atoms with van der Waals surface area (Å²) in [5.41, 5.74) is 27.0. The van der Waals surface area contributed by atoms with Crippen LogP contribution in [0.5, 0.6) is 11.5 Å². The lowest BCUT2D eigenvalue weighted by Gasteiger charge is -2.45. The van der Waals surface area contributed by atoms with Gasteiger partial charge in [-0.15, -0.1) is 0 Å². The zero-order valence-corrected chi connectivity index (χ0v) is 38.7. The van der Waals surface area contributed by atoms with Gasteiger partial charge in [0.05, 0.1) is 39.1 Å². The lowest BCUT2D eigenvalue weighted by molar-refractivity contribution is 0.478. The molecule has 0 radical (unpaired) electrons. The molecule has 0 atom stereocenters. The molecule has 8 heterocycles. The van der Waals surface area contributed by atoms with E-state index >= 15 is 0 Å². The van der Waals surface area contributed by atoms with Crippen molar-refractivity contribution in [3.8, 4) is 45.1 Å². The van der Waals surface area contributed by atoms with Crippen molar-refractivity contribution in [2.45, 2.75) is 23.1 Å². The van der Waals surface area contributed by atoms with Crippen LogP contribution in [0.4, 0.5) is 22.7 Å². The van der Waals surface area contributed by atoms with Crippen molar-refractivity contribution in [2.24, 2.45) is 0 Å². The van der Waals surface area contributed by atoms with Gasteiger partial charge in [-0.05, 0) is 124 Å². The molecule has 0 fully saturated rings. The maximum atomic E-state index is 6.75. The summed E-state index contributed by atoms with van der Waals surface area (Å²) in [7, 11) is 0. The minimum atomic E-state index is -0.0330. The van der Waals surface area contributed by atoms with Gasteiger partial charge in [-0.1, -0.05) is 139 Å². The molecule has 0 saturated carbocycles. The molecular formula is C62H36B2N4OS. The second-order valence-corrected chi connectivity index (χ2v) is 21.1. The van der Waals surface area contributed by atoms with Gasteiger partial charge in [-0.2, -0.15) is 0 Å². The Morgan fingerprint density at radius 1 is 0.429 bits per heavy atom. The van der Waals surface area contributed by atoms with Crippen LogP contribution < -0.4 is 36.2 Å². The van der Waals surface area contributed by atoms with Crippen LogP contribution in [0.3, 0.4) is 0 Å². The first-order chi connectivity index (χ1) is 34.6. The van der Waals surface area contributed by atoms with E-state index in [4.69, 9.17) is 4.74 Å². The third-order valence-corrected chi connectivity index (χ3v) is 17.5. The van der Waals surface area contributed by atoms with Crippen molar-refractivity contribution >= 4 is 114 Å². The van der Waals surface area contributed by atoms with E-state index < -0.39 is 0 Å². The van der Waals surface area contributed by atoms with Crippen LogP contribution in [0.2, 0.25) is 0 Å². The number of benzene rings is 10. The maximum Gasteiger partial charge on any atom is 0.333 e. The Bertz CT molecular complexity index is 4470. The first-order valence-electron chi connectivity index (χ1n) is 24.4. The molecule has 18 rings (SSSR count). The Labute approximate surface area is 408 Å².